The number of hydrogen-bond acceptors (Lipinski definition) is 1. The molecule has 0 N–H and O–H groups in total. The van der Waals surface area contributed by atoms with Gasteiger partial charge in [0, 0.05) is 18.7 Å². The highest BCUT2D eigenvalue weighted by Gasteiger charge is 2.51. The van der Waals surface area contributed by atoms with E-state index in [0.717, 1.165) is 17.8 Å². The van der Waals surface area contributed by atoms with Gasteiger partial charge in [0.1, 0.15) is 0 Å². The first-order chi connectivity index (χ1) is 13.6. The van der Waals surface area contributed by atoms with Crippen LogP contribution in [0.1, 0.15) is 45.7 Å². The predicted octanol–water partition coefficient (Wildman–Crippen LogP) is 5.55. The zero-order chi connectivity index (χ0) is 19.0. The van der Waals surface area contributed by atoms with Crippen molar-refractivity contribution in [3.8, 4) is 0 Å². The van der Waals surface area contributed by atoms with Crippen molar-refractivity contribution < 1.29 is 4.79 Å². The summed E-state index contributed by atoms with van der Waals surface area (Å²) in [6.45, 7) is 2.14. The van der Waals surface area contributed by atoms with Crippen LogP contribution in [0.4, 0.5) is 16.2 Å². The summed E-state index contributed by atoms with van der Waals surface area (Å²) in [7, 11) is 1.89. The van der Waals surface area contributed by atoms with Crippen LogP contribution in [0.15, 0.2) is 66.7 Å². The number of anilines is 2. The average molecular weight is 366 g/mol. The van der Waals surface area contributed by atoms with Gasteiger partial charge in [-0.25, -0.2) is 4.79 Å². The Labute approximate surface area is 165 Å². The molecular formula is C25H22N2O. The lowest BCUT2D eigenvalue weighted by Gasteiger charge is -2.49. The minimum atomic E-state index is 0.0451. The second-order valence-corrected chi connectivity index (χ2v) is 8.31. The van der Waals surface area contributed by atoms with Crippen LogP contribution < -0.4 is 9.80 Å². The minimum absolute atomic E-state index is 0.0451. The van der Waals surface area contributed by atoms with Crippen LogP contribution in [0, 0.1) is 6.92 Å². The van der Waals surface area contributed by atoms with Gasteiger partial charge in [0.05, 0.1) is 11.7 Å². The van der Waals surface area contributed by atoms with E-state index < -0.39 is 0 Å². The zero-order valence-electron chi connectivity index (χ0n) is 16.1. The predicted molar refractivity (Wildman–Crippen MR) is 112 cm³/mol. The number of para-hydroxylation sites is 1. The number of carbonyl (C=O) groups is 1. The standard InChI is InChI=1S/C25H22N2O/c1-15-11-12-22-19(13-15)20-14-16-7-3-4-8-17(16)23(20)24-18-9-5-6-10-21(18)26(2)25(28)27(22)24/h3-13,20,23-24H,14H2,1-2H3/t20-,23-,24+/m0/s1. The van der Waals surface area contributed by atoms with E-state index in [1.54, 1.807) is 4.90 Å². The first-order valence-corrected chi connectivity index (χ1v) is 9.99. The van der Waals surface area contributed by atoms with Crippen LogP contribution in [0.5, 0.6) is 0 Å². The molecule has 3 atom stereocenters. The lowest BCUT2D eigenvalue weighted by Crippen LogP contribution is -2.52. The van der Waals surface area contributed by atoms with Crippen molar-refractivity contribution in [3.63, 3.8) is 0 Å². The van der Waals surface area contributed by atoms with Crippen LogP contribution >= 0.6 is 0 Å². The number of fused-ring (bicyclic) bond motifs is 10. The molecule has 0 spiro atoms. The van der Waals surface area contributed by atoms with Crippen LogP contribution in [0.2, 0.25) is 0 Å². The molecule has 0 saturated heterocycles. The topological polar surface area (TPSA) is 23.6 Å². The Morgan fingerprint density at radius 2 is 1.61 bits per heavy atom. The summed E-state index contributed by atoms with van der Waals surface area (Å²) in [5.74, 6) is 0.710. The summed E-state index contributed by atoms with van der Waals surface area (Å²) in [5, 5.41) is 0. The van der Waals surface area contributed by atoms with Gasteiger partial charge in [0.15, 0.2) is 0 Å². The first kappa shape index (κ1) is 15.9. The lowest BCUT2D eigenvalue weighted by atomic mass is 9.73. The number of aryl methyl sites for hydroxylation is 1. The normalized spacial score (nSPS) is 24.2. The van der Waals surface area contributed by atoms with Crippen LogP contribution in [0.25, 0.3) is 0 Å². The summed E-state index contributed by atoms with van der Waals surface area (Å²) < 4.78 is 0. The molecule has 28 heavy (non-hydrogen) atoms. The molecule has 0 bridgehead atoms. The minimum Gasteiger partial charge on any atom is -0.297 e. The van der Waals surface area contributed by atoms with E-state index >= 15 is 0 Å². The number of carbonyl (C=O) groups excluding carboxylic acids is 1. The van der Waals surface area contributed by atoms with Crippen molar-refractivity contribution in [3.05, 3.63) is 94.5 Å². The first-order valence-electron chi connectivity index (χ1n) is 9.99. The fraction of sp³-hybridized carbons (Fsp3) is 0.240. The van der Waals surface area contributed by atoms with Gasteiger partial charge in [-0.3, -0.25) is 9.80 Å². The van der Waals surface area contributed by atoms with Gasteiger partial charge in [-0.05, 0) is 53.6 Å². The van der Waals surface area contributed by atoms with Gasteiger partial charge in [-0.2, -0.15) is 0 Å². The molecule has 0 radical (unpaired) electrons. The van der Waals surface area contributed by atoms with E-state index in [2.05, 4.69) is 72.5 Å². The Hall–Kier alpha value is -3.07. The van der Waals surface area contributed by atoms with Crippen LogP contribution in [0.3, 0.4) is 0 Å². The third-order valence-corrected chi connectivity index (χ3v) is 6.86. The Balaban J connectivity index is 1.68. The highest BCUT2D eigenvalue weighted by molar-refractivity contribution is 6.08. The van der Waals surface area contributed by atoms with Crippen molar-refractivity contribution in [1.29, 1.82) is 0 Å². The fourth-order valence-corrected chi connectivity index (χ4v) is 5.68. The molecule has 2 amide bonds. The molecule has 138 valence electrons. The molecule has 3 aromatic carbocycles. The van der Waals surface area contributed by atoms with Gasteiger partial charge in [-0.1, -0.05) is 60.2 Å². The van der Waals surface area contributed by atoms with E-state index in [0.29, 0.717) is 11.8 Å². The SMILES string of the molecule is Cc1ccc2c(c1)[C@@H]1Cc3ccccc3[C@@H]1[C@H]1c3ccccc3N(C)C(=O)N21. The number of nitrogens with zero attached hydrogens (tertiary/aromatic N) is 2. The van der Waals surface area contributed by atoms with Crippen molar-refractivity contribution in [2.75, 3.05) is 16.8 Å². The number of rotatable bonds is 0. The van der Waals surface area contributed by atoms with Crippen LogP contribution in [-0.2, 0) is 6.42 Å². The molecule has 3 nitrogen and oxygen atoms in total. The molecule has 3 aliphatic rings. The number of urea groups is 1. The van der Waals surface area contributed by atoms with Crippen LogP contribution in [-0.4, -0.2) is 13.1 Å². The third kappa shape index (κ3) is 1.91. The van der Waals surface area contributed by atoms with Gasteiger partial charge in [0.25, 0.3) is 0 Å². The third-order valence-electron chi connectivity index (χ3n) is 6.86. The van der Waals surface area contributed by atoms with Crippen molar-refractivity contribution in [1.82, 2.24) is 0 Å². The molecule has 1 aliphatic carbocycles. The van der Waals surface area contributed by atoms with Gasteiger partial charge in [-0.15, -0.1) is 0 Å². The highest BCUT2D eigenvalue weighted by Crippen LogP contribution is 2.60. The second-order valence-electron chi connectivity index (χ2n) is 8.31. The molecule has 0 unspecified atom stereocenters. The average Bonchev–Trinajstić information content (AvgIpc) is 3.11. The maximum Gasteiger partial charge on any atom is 0.329 e. The molecule has 0 fully saturated rings. The van der Waals surface area contributed by atoms with E-state index in [4.69, 9.17) is 0 Å². The molecule has 2 aliphatic heterocycles. The zero-order valence-corrected chi connectivity index (χ0v) is 16.1. The Morgan fingerprint density at radius 3 is 2.46 bits per heavy atom. The van der Waals surface area contributed by atoms with E-state index in [-0.39, 0.29) is 12.1 Å². The van der Waals surface area contributed by atoms with Gasteiger partial charge in [0.2, 0.25) is 0 Å². The largest absolute Gasteiger partial charge is 0.329 e. The second kappa shape index (κ2) is 5.48. The molecule has 3 aromatic rings. The molecule has 0 aromatic heterocycles. The quantitative estimate of drug-likeness (QED) is 0.512. The Bertz CT molecular complexity index is 1130. The highest BCUT2D eigenvalue weighted by atomic mass is 16.2. The van der Waals surface area contributed by atoms with E-state index in [1.165, 1.54) is 27.8 Å². The number of amides is 2. The lowest BCUT2D eigenvalue weighted by molar-refractivity contribution is 0.245. The molecule has 2 heterocycles. The molecule has 0 saturated carbocycles. The summed E-state index contributed by atoms with van der Waals surface area (Å²) >= 11 is 0. The monoisotopic (exact) mass is 366 g/mol. The summed E-state index contributed by atoms with van der Waals surface area (Å²) in [6.07, 6.45) is 1.05. The Kier molecular flexibility index (Phi) is 3.12. The van der Waals surface area contributed by atoms with Gasteiger partial charge >= 0.3 is 6.03 Å². The molecular weight excluding hydrogens is 344 g/mol. The summed E-state index contributed by atoms with van der Waals surface area (Å²) in [6, 6.07) is 23.9. The summed E-state index contributed by atoms with van der Waals surface area (Å²) in [4.78, 5) is 17.4. The fourth-order valence-electron chi connectivity index (χ4n) is 5.68. The number of benzene rings is 3. The number of hydrogen-bond donors (Lipinski definition) is 0. The van der Waals surface area contributed by atoms with Crippen molar-refractivity contribution in [2.45, 2.75) is 31.2 Å². The summed E-state index contributed by atoms with van der Waals surface area (Å²) in [5.41, 5.74) is 8.77. The van der Waals surface area contributed by atoms with Crippen molar-refractivity contribution >= 4 is 17.4 Å². The van der Waals surface area contributed by atoms with Crippen molar-refractivity contribution in [2.24, 2.45) is 0 Å². The van der Waals surface area contributed by atoms with Gasteiger partial charge < -0.3 is 0 Å². The van der Waals surface area contributed by atoms with E-state index in [1.807, 2.05) is 13.1 Å². The Morgan fingerprint density at radius 1 is 0.857 bits per heavy atom. The maximum absolute atomic E-state index is 13.5. The molecule has 3 heteroatoms. The van der Waals surface area contributed by atoms with E-state index in [9.17, 15) is 4.79 Å². The maximum atomic E-state index is 13.5. The smallest absolute Gasteiger partial charge is 0.297 e. The molecule has 6 rings (SSSR count).